The van der Waals surface area contributed by atoms with E-state index in [0.29, 0.717) is 30.9 Å². The molecule has 25 heavy (non-hydrogen) atoms. The van der Waals surface area contributed by atoms with E-state index in [1.54, 1.807) is 27.4 Å². The molecule has 1 spiro atoms. The number of benzene rings is 1. The highest BCUT2D eigenvalue weighted by atomic mass is 16.5. The van der Waals surface area contributed by atoms with Crippen molar-refractivity contribution < 1.29 is 24.1 Å². The van der Waals surface area contributed by atoms with Gasteiger partial charge in [0, 0.05) is 20.1 Å². The minimum absolute atomic E-state index is 0.107. The van der Waals surface area contributed by atoms with Crippen molar-refractivity contribution in [2.45, 2.75) is 37.0 Å². The summed E-state index contributed by atoms with van der Waals surface area (Å²) < 4.78 is 16.5. The van der Waals surface area contributed by atoms with E-state index in [2.05, 4.69) is 0 Å². The largest absolute Gasteiger partial charge is 0.493 e. The van der Waals surface area contributed by atoms with Gasteiger partial charge in [-0.1, -0.05) is 6.08 Å². The summed E-state index contributed by atoms with van der Waals surface area (Å²) in [5.41, 5.74) is 2.62. The van der Waals surface area contributed by atoms with Crippen molar-refractivity contribution in [3.8, 4) is 11.5 Å². The number of carbonyl (C=O) groups is 1. The van der Waals surface area contributed by atoms with Crippen LogP contribution in [0.15, 0.2) is 23.8 Å². The highest BCUT2D eigenvalue weighted by molar-refractivity contribution is 5.86. The fourth-order valence-electron chi connectivity index (χ4n) is 4.67. The van der Waals surface area contributed by atoms with Gasteiger partial charge in [-0.25, -0.2) is 0 Å². The molecule has 0 saturated carbocycles. The third kappa shape index (κ3) is 2.14. The number of aliphatic hydroxyl groups excluding tert-OH is 1. The van der Waals surface area contributed by atoms with Gasteiger partial charge in [0.15, 0.2) is 11.5 Å². The molecule has 134 valence electrons. The highest BCUT2D eigenvalue weighted by Crippen LogP contribution is 2.54. The molecule has 0 radical (unpaired) electrons. The zero-order valence-electron chi connectivity index (χ0n) is 14.7. The lowest BCUT2D eigenvalue weighted by Crippen LogP contribution is -2.53. The second-order valence-electron chi connectivity index (χ2n) is 6.86. The molecule has 3 atom stereocenters. The number of hydrogen-bond donors (Lipinski definition) is 1. The van der Waals surface area contributed by atoms with E-state index in [1.807, 2.05) is 17.0 Å². The lowest BCUT2D eigenvalue weighted by atomic mass is 9.70. The van der Waals surface area contributed by atoms with Gasteiger partial charge in [-0.05, 0) is 35.3 Å². The van der Waals surface area contributed by atoms with Crippen LogP contribution in [-0.2, 0) is 21.5 Å². The molecule has 0 unspecified atom stereocenters. The predicted octanol–water partition coefficient (Wildman–Crippen LogP) is 1.39. The molecule has 3 aliphatic rings. The normalized spacial score (nSPS) is 30.3. The molecule has 4 rings (SSSR count). The fourth-order valence-corrected chi connectivity index (χ4v) is 4.67. The Morgan fingerprint density at radius 2 is 1.92 bits per heavy atom. The molecule has 6 nitrogen and oxygen atoms in total. The molecule has 0 aromatic heterocycles. The van der Waals surface area contributed by atoms with Crippen LogP contribution < -0.4 is 9.47 Å². The van der Waals surface area contributed by atoms with Crippen molar-refractivity contribution in [2.24, 2.45) is 0 Å². The molecule has 2 aliphatic heterocycles. The van der Waals surface area contributed by atoms with Crippen LogP contribution in [0.4, 0.5) is 0 Å². The van der Waals surface area contributed by atoms with Gasteiger partial charge in [0.05, 0.1) is 38.4 Å². The zero-order chi connectivity index (χ0) is 17.8. The number of methoxy groups -OCH3 is 3. The minimum atomic E-state index is -0.691. The molecule has 1 saturated heterocycles. The molecule has 1 amide bonds. The summed E-state index contributed by atoms with van der Waals surface area (Å²) in [6, 6.07) is 3.99. The van der Waals surface area contributed by atoms with Crippen LogP contribution in [0, 0.1) is 0 Å². The predicted molar refractivity (Wildman–Crippen MR) is 90.8 cm³/mol. The number of ether oxygens (including phenoxy) is 3. The Hall–Kier alpha value is -2.05. The van der Waals surface area contributed by atoms with E-state index < -0.39 is 11.6 Å². The Bertz CT molecular complexity index is 758. The second kappa shape index (κ2) is 5.75. The third-order valence-electron chi connectivity index (χ3n) is 5.85. The van der Waals surface area contributed by atoms with Gasteiger partial charge in [-0.15, -0.1) is 0 Å². The number of amides is 1. The minimum Gasteiger partial charge on any atom is -0.493 e. The summed E-state index contributed by atoms with van der Waals surface area (Å²) in [4.78, 5) is 14.6. The Kier molecular flexibility index (Phi) is 3.77. The Morgan fingerprint density at radius 3 is 2.60 bits per heavy atom. The van der Waals surface area contributed by atoms with Gasteiger partial charge in [-0.3, -0.25) is 4.79 Å². The van der Waals surface area contributed by atoms with Crippen LogP contribution >= 0.6 is 0 Å². The molecule has 1 aromatic carbocycles. The van der Waals surface area contributed by atoms with Crippen molar-refractivity contribution in [2.75, 3.05) is 27.9 Å². The molecular formula is C19H23NO5. The lowest BCUT2D eigenvalue weighted by molar-refractivity contribution is -0.133. The van der Waals surface area contributed by atoms with Crippen molar-refractivity contribution in [3.05, 3.63) is 34.9 Å². The van der Waals surface area contributed by atoms with Crippen LogP contribution in [0.1, 0.15) is 24.0 Å². The molecule has 2 heterocycles. The lowest BCUT2D eigenvalue weighted by Gasteiger charge is -2.48. The van der Waals surface area contributed by atoms with Crippen molar-refractivity contribution in [1.29, 1.82) is 0 Å². The maximum atomic E-state index is 12.7. The van der Waals surface area contributed by atoms with E-state index in [4.69, 9.17) is 14.2 Å². The third-order valence-corrected chi connectivity index (χ3v) is 5.85. The first kappa shape index (κ1) is 16.4. The molecule has 1 aromatic rings. The maximum absolute atomic E-state index is 12.7. The van der Waals surface area contributed by atoms with E-state index in [9.17, 15) is 9.90 Å². The molecule has 1 fully saturated rings. The number of aliphatic hydroxyl groups is 1. The Morgan fingerprint density at radius 1 is 1.20 bits per heavy atom. The van der Waals surface area contributed by atoms with Crippen molar-refractivity contribution in [1.82, 2.24) is 4.90 Å². The van der Waals surface area contributed by atoms with E-state index >= 15 is 0 Å². The standard InChI is InChI=1S/C19H23NO5/c1-23-15-6-11-4-5-20-18(22)8-12-7-14(21)17(25-3)10-19(12,20)13(11)9-16(15)24-2/h6-7,9,14,17,21H,4-5,8,10H2,1-3H3/t14-,17+,19-/m0/s1. The summed E-state index contributed by atoms with van der Waals surface area (Å²) >= 11 is 0. The van der Waals surface area contributed by atoms with E-state index in [-0.39, 0.29) is 12.0 Å². The van der Waals surface area contributed by atoms with Crippen LogP contribution in [0.2, 0.25) is 0 Å². The first-order valence-corrected chi connectivity index (χ1v) is 8.53. The first-order chi connectivity index (χ1) is 12.0. The number of hydrogen-bond acceptors (Lipinski definition) is 5. The number of rotatable bonds is 3. The van der Waals surface area contributed by atoms with Gasteiger partial charge in [-0.2, -0.15) is 0 Å². The number of nitrogens with zero attached hydrogens (tertiary/aromatic N) is 1. The summed E-state index contributed by atoms with van der Waals surface area (Å²) in [5, 5.41) is 10.3. The van der Waals surface area contributed by atoms with Crippen LogP contribution in [-0.4, -0.2) is 56.0 Å². The van der Waals surface area contributed by atoms with E-state index in [1.165, 1.54) is 0 Å². The summed E-state index contributed by atoms with van der Waals surface area (Å²) in [6.07, 6.45) is 2.43. The SMILES string of the molecule is COc1cc2c(cc1OC)[C@]13C[C@@H](OC)[C@@H](O)C=C1CC(=O)N3CC2. The van der Waals surface area contributed by atoms with Gasteiger partial charge in [0.2, 0.25) is 5.91 Å². The van der Waals surface area contributed by atoms with Crippen molar-refractivity contribution >= 4 is 5.91 Å². The average molecular weight is 345 g/mol. The topological polar surface area (TPSA) is 68.2 Å². The van der Waals surface area contributed by atoms with Gasteiger partial charge in [0.1, 0.15) is 0 Å². The highest BCUT2D eigenvalue weighted by Gasteiger charge is 2.56. The smallest absolute Gasteiger partial charge is 0.227 e. The second-order valence-corrected chi connectivity index (χ2v) is 6.86. The number of fused-ring (bicyclic) bond motifs is 1. The average Bonchev–Trinajstić information content (AvgIpc) is 2.91. The Labute approximate surface area is 147 Å². The molecule has 1 N–H and O–H groups in total. The monoisotopic (exact) mass is 345 g/mol. The molecular weight excluding hydrogens is 322 g/mol. The maximum Gasteiger partial charge on any atom is 0.227 e. The van der Waals surface area contributed by atoms with Gasteiger partial charge >= 0.3 is 0 Å². The summed E-state index contributed by atoms with van der Waals surface area (Å²) in [6.45, 7) is 0.658. The quantitative estimate of drug-likeness (QED) is 0.839. The van der Waals surface area contributed by atoms with Gasteiger partial charge in [0.25, 0.3) is 0 Å². The van der Waals surface area contributed by atoms with Gasteiger partial charge < -0.3 is 24.2 Å². The van der Waals surface area contributed by atoms with Crippen LogP contribution in [0.3, 0.4) is 0 Å². The zero-order valence-corrected chi connectivity index (χ0v) is 14.7. The van der Waals surface area contributed by atoms with Crippen LogP contribution in [0.5, 0.6) is 11.5 Å². The fraction of sp³-hybridized carbons (Fsp3) is 0.526. The van der Waals surface area contributed by atoms with Crippen molar-refractivity contribution in [3.63, 3.8) is 0 Å². The molecule has 1 aliphatic carbocycles. The van der Waals surface area contributed by atoms with Crippen LogP contribution in [0.25, 0.3) is 0 Å². The Balaban J connectivity index is 1.95. The summed E-state index contributed by atoms with van der Waals surface area (Å²) in [7, 11) is 4.84. The first-order valence-electron chi connectivity index (χ1n) is 8.53. The molecule has 0 bridgehead atoms. The van der Waals surface area contributed by atoms with E-state index in [0.717, 1.165) is 23.1 Å². The summed E-state index contributed by atoms with van der Waals surface area (Å²) in [5.74, 6) is 1.45. The molecule has 6 heteroatoms. The number of carbonyl (C=O) groups excluding carboxylic acids is 1.